The van der Waals surface area contributed by atoms with Crippen molar-refractivity contribution in [1.29, 1.82) is 0 Å². The third kappa shape index (κ3) is 1.91. The smallest absolute Gasteiger partial charge is 0.0870 e. The van der Waals surface area contributed by atoms with E-state index in [4.69, 9.17) is 5.73 Å². The minimum atomic E-state index is 0.199. The van der Waals surface area contributed by atoms with E-state index in [2.05, 4.69) is 35.8 Å². The van der Waals surface area contributed by atoms with Gasteiger partial charge in [0.1, 0.15) is 0 Å². The van der Waals surface area contributed by atoms with Crippen molar-refractivity contribution in [2.45, 2.75) is 45.6 Å². The summed E-state index contributed by atoms with van der Waals surface area (Å²) < 4.78 is 4.27. The van der Waals surface area contributed by atoms with Crippen LogP contribution >= 0.6 is 0 Å². The molecule has 2 aromatic rings. The van der Waals surface area contributed by atoms with Crippen LogP contribution in [0.15, 0.2) is 12.3 Å². The van der Waals surface area contributed by atoms with E-state index in [1.54, 1.807) is 0 Å². The molecule has 3 rings (SSSR count). The number of nitrogens with two attached hydrogens (primary N) is 1. The molecule has 2 heterocycles. The minimum absolute atomic E-state index is 0.199. The van der Waals surface area contributed by atoms with Gasteiger partial charge in [0.15, 0.2) is 0 Å². The highest BCUT2D eigenvalue weighted by Gasteiger charge is 2.24. The van der Waals surface area contributed by atoms with Gasteiger partial charge in [0, 0.05) is 30.7 Å². The molecule has 0 fully saturated rings. The predicted octanol–water partition coefficient (Wildman–Crippen LogP) is 2.42. The fourth-order valence-corrected chi connectivity index (χ4v) is 3.23. The fraction of sp³-hybridized carbons (Fsp3) is 0.533. The molecule has 0 radical (unpaired) electrons. The average Bonchev–Trinajstić information content (AvgIpc) is 2.89. The van der Waals surface area contributed by atoms with Gasteiger partial charge in [0.25, 0.3) is 0 Å². The second-order valence-corrected chi connectivity index (χ2v) is 5.51. The van der Waals surface area contributed by atoms with Crippen LogP contribution in [0.25, 0.3) is 5.69 Å². The Hall–Kier alpha value is -1.55. The summed E-state index contributed by atoms with van der Waals surface area (Å²) in [6.07, 6.45) is 6.47. The number of nitrogens with zero attached hydrogens (tertiary/aromatic N) is 3. The van der Waals surface area contributed by atoms with Gasteiger partial charge in [-0.05, 0) is 44.2 Å². The van der Waals surface area contributed by atoms with Crippen LogP contribution in [0.4, 0.5) is 0 Å². The van der Waals surface area contributed by atoms with Crippen molar-refractivity contribution < 1.29 is 0 Å². The SMILES string of the molecule is CCc1nn(C)cc1-n1c(C)cc2c1CCCC2N. The Balaban J connectivity index is 2.20. The van der Waals surface area contributed by atoms with Crippen LogP contribution in [0.2, 0.25) is 0 Å². The Kier molecular flexibility index (Phi) is 2.97. The lowest BCUT2D eigenvalue weighted by Crippen LogP contribution is -2.18. The second-order valence-electron chi connectivity index (χ2n) is 5.51. The number of rotatable bonds is 2. The molecular weight excluding hydrogens is 236 g/mol. The molecule has 0 bridgehead atoms. The van der Waals surface area contributed by atoms with Crippen molar-refractivity contribution in [2.75, 3.05) is 0 Å². The number of fused-ring (bicyclic) bond motifs is 1. The standard InChI is InChI=1S/C15H22N4/c1-4-13-15(9-18(3)17-13)19-10(2)8-11-12(16)6-5-7-14(11)19/h8-9,12H,4-7,16H2,1-3H3. The van der Waals surface area contributed by atoms with Crippen molar-refractivity contribution in [3.8, 4) is 5.69 Å². The lowest BCUT2D eigenvalue weighted by Gasteiger charge is -2.21. The summed E-state index contributed by atoms with van der Waals surface area (Å²) >= 11 is 0. The Bertz CT molecular complexity index is 606. The van der Waals surface area contributed by atoms with E-state index in [1.165, 1.54) is 29.1 Å². The molecule has 4 nitrogen and oxygen atoms in total. The van der Waals surface area contributed by atoms with Gasteiger partial charge < -0.3 is 10.3 Å². The van der Waals surface area contributed by atoms with Gasteiger partial charge in [0.05, 0.1) is 11.4 Å². The molecule has 4 heteroatoms. The largest absolute Gasteiger partial charge is 0.324 e. The number of hydrogen-bond donors (Lipinski definition) is 1. The molecule has 0 amide bonds. The third-order valence-electron chi connectivity index (χ3n) is 4.11. The summed E-state index contributed by atoms with van der Waals surface area (Å²) in [5.41, 5.74) is 12.6. The number of aryl methyl sites for hydroxylation is 3. The first-order valence-electron chi connectivity index (χ1n) is 7.11. The maximum Gasteiger partial charge on any atom is 0.0870 e. The monoisotopic (exact) mass is 258 g/mol. The quantitative estimate of drug-likeness (QED) is 0.899. The molecule has 1 atom stereocenters. The summed E-state index contributed by atoms with van der Waals surface area (Å²) in [6.45, 7) is 4.32. The maximum absolute atomic E-state index is 6.25. The first-order chi connectivity index (χ1) is 9.11. The van der Waals surface area contributed by atoms with Gasteiger partial charge in [-0.1, -0.05) is 6.92 Å². The Morgan fingerprint density at radius 3 is 3.00 bits per heavy atom. The fourth-order valence-electron chi connectivity index (χ4n) is 3.23. The van der Waals surface area contributed by atoms with Gasteiger partial charge >= 0.3 is 0 Å². The van der Waals surface area contributed by atoms with Gasteiger partial charge in [-0.25, -0.2) is 0 Å². The van der Waals surface area contributed by atoms with Gasteiger partial charge in [0.2, 0.25) is 0 Å². The van der Waals surface area contributed by atoms with Crippen molar-refractivity contribution in [3.05, 3.63) is 34.9 Å². The molecule has 1 aliphatic rings. The normalized spacial score (nSPS) is 18.6. The molecule has 19 heavy (non-hydrogen) atoms. The highest BCUT2D eigenvalue weighted by molar-refractivity contribution is 5.45. The van der Waals surface area contributed by atoms with Crippen LogP contribution in [0, 0.1) is 6.92 Å². The highest BCUT2D eigenvalue weighted by atomic mass is 15.3. The molecule has 2 aromatic heterocycles. The van der Waals surface area contributed by atoms with Crippen LogP contribution in [-0.2, 0) is 19.9 Å². The first-order valence-corrected chi connectivity index (χ1v) is 7.11. The molecular formula is C15H22N4. The third-order valence-corrected chi connectivity index (χ3v) is 4.11. The van der Waals surface area contributed by atoms with Crippen molar-refractivity contribution in [1.82, 2.24) is 14.3 Å². The molecule has 1 unspecified atom stereocenters. The minimum Gasteiger partial charge on any atom is -0.324 e. The number of aromatic nitrogens is 3. The van der Waals surface area contributed by atoms with Crippen LogP contribution in [0.5, 0.6) is 0 Å². The first kappa shape index (κ1) is 12.5. The molecule has 2 N–H and O–H groups in total. The van der Waals surface area contributed by atoms with E-state index in [0.29, 0.717) is 0 Å². The Morgan fingerprint density at radius 2 is 2.26 bits per heavy atom. The van der Waals surface area contributed by atoms with Crippen molar-refractivity contribution in [2.24, 2.45) is 12.8 Å². The topological polar surface area (TPSA) is 48.8 Å². The van der Waals surface area contributed by atoms with Gasteiger partial charge in [-0.15, -0.1) is 0 Å². The summed E-state index contributed by atoms with van der Waals surface area (Å²) in [7, 11) is 1.99. The number of hydrogen-bond acceptors (Lipinski definition) is 2. The lowest BCUT2D eigenvalue weighted by atomic mass is 9.93. The van der Waals surface area contributed by atoms with Gasteiger partial charge in [-0.2, -0.15) is 5.10 Å². The van der Waals surface area contributed by atoms with E-state index in [1.807, 2.05) is 11.7 Å². The second kappa shape index (κ2) is 4.53. The maximum atomic E-state index is 6.25. The van der Waals surface area contributed by atoms with E-state index in [0.717, 1.165) is 25.0 Å². The average molecular weight is 258 g/mol. The van der Waals surface area contributed by atoms with E-state index in [-0.39, 0.29) is 6.04 Å². The summed E-state index contributed by atoms with van der Waals surface area (Å²) in [5, 5.41) is 4.56. The summed E-state index contributed by atoms with van der Waals surface area (Å²) in [5.74, 6) is 0. The predicted molar refractivity (Wildman–Crippen MR) is 76.5 cm³/mol. The zero-order chi connectivity index (χ0) is 13.6. The van der Waals surface area contributed by atoms with Crippen molar-refractivity contribution >= 4 is 0 Å². The van der Waals surface area contributed by atoms with Crippen molar-refractivity contribution in [3.63, 3.8) is 0 Å². The molecule has 1 aliphatic carbocycles. The summed E-state index contributed by atoms with van der Waals surface area (Å²) in [4.78, 5) is 0. The molecule has 0 spiro atoms. The van der Waals surface area contributed by atoms with Gasteiger partial charge in [-0.3, -0.25) is 4.68 Å². The van der Waals surface area contributed by atoms with Crippen LogP contribution < -0.4 is 5.73 Å². The Morgan fingerprint density at radius 1 is 1.47 bits per heavy atom. The highest BCUT2D eigenvalue weighted by Crippen LogP contribution is 2.33. The summed E-state index contributed by atoms with van der Waals surface area (Å²) in [6, 6.07) is 2.46. The zero-order valence-corrected chi connectivity index (χ0v) is 12.0. The van der Waals surface area contributed by atoms with Crippen LogP contribution in [0.3, 0.4) is 0 Å². The molecule has 102 valence electrons. The molecule has 0 aromatic carbocycles. The van der Waals surface area contributed by atoms with E-state index < -0.39 is 0 Å². The van der Waals surface area contributed by atoms with Crippen LogP contribution in [-0.4, -0.2) is 14.3 Å². The Labute approximate surface area is 114 Å². The van der Waals surface area contributed by atoms with Crippen LogP contribution in [0.1, 0.15) is 48.5 Å². The van der Waals surface area contributed by atoms with E-state index in [9.17, 15) is 0 Å². The van der Waals surface area contributed by atoms with E-state index >= 15 is 0 Å². The molecule has 0 saturated heterocycles. The zero-order valence-electron chi connectivity index (χ0n) is 12.0. The lowest BCUT2D eigenvalue weighted by molar-refractivity contribution is 0.559. The molecule has 0 aliphatic heterocycles. The molecule has 0 saturated carbocycles.